The first-order chi connectivity index (χ1) is 12.6. The van der Waals surface area contributed by atoms with Crippen molar-refractivity contribution in [3.05, 3.63) is 96.5 Å². The molecule has 1 N–H and O–H groups in total. The first kappa shape index (κ1) is 16.1. The standard InChI is InChI=1S/C22H17FN2O/c1-15-14-24-19(13-22(26)16-7-3-2-4-8-16)21-12-11-20(25(15)21)17-9-5-6-10-18(17)23/h2-13,24H,1,14H2/b19-13-. The zero-order valence-corrected chi connectivity index (χ0v) is 14.1. The molecule has 0 fully saturated rings. The average Bonchev–Trinajstić information content (AvgIpc) is 3.11. The fourth-order valence-corrected chi connectivity index (χ4v) is 3.18. The lowest BCUT2D eigenvalue weighted by Crippen LogP contribution is -2.26. The lowest BCUT2D eigenvalue weighted by molar-refractivity contribution is 0.104. The second-order valence-electron chi connectivity index (χ2n) is 6.13. The normalized spacial score (nSPS) is 14.8. The van der Waals surface area contributed by atoms with Gasteiger partial charge in [0.05, 0.1) is 23.6 Å². The number of fused-ring (bicyclic) bond motifs is 1. The van der Waals surface area contributed by atoms with E-state index in [0.29, 0.717) is 23.4 Å². The lowest BCUT2D eigenvalue weighted by Gasteiger charge is -2.25. The molecule has 0 amide bonds. The quantitative estimate of drug-likeness (QED) is 0.557. The highest BCUT2D eigenvalue weighted by atomic mass is 19.1. The molecule has 26 heavy (non-hydrogen) atoms. The van der Waals surface area contributed by atoms with Gasteiger partial charge in [0.2, 0.25) is 0 Å². The number of allylic oxidation sites excluding steroid dienone is 1. The van der Waals surface area contributed by atoms with Crippen LogP contribution in [0.4, 0.5) is 4.39 Å². The van der Waals surface area contributed by atoms with Gasteiger partial charge in [-0.1, -0.05) is 49.0 Å². The van der Waals surface area contributed by atoms with E-state index in [1.54, 1.807) is 36.4 Å². The summed E-state index contributed by atoms with van der Waals surface area (Å²) in [7, 11) is 0. The van der Waals surface area contributed by atoms with Crippen LogP contribution < -0.4 is 5.32 Å². The Morgan fingerprint density at radius 3 is 2.46 bits per heavy atom. The van der Waals surface area contributed by atoms with E-state index < -0.39 is 0 Å². The second-order valence-corrected chi connectivity index (χ2v) is 6.13. The highest BCUT2D eigenvalue weighted by Gasteiger charge is 2.22. The zero-order chi connectivity index (χ0) is 18.1. The highest BCUT2D eigenvalue weighted by Crippen LogP contribution is 2.32. The lowest BCUT2D eigenvalue weighted by atomic mass is 10.1. The summed E-state index contributed by atoms with van der Waals surface area (Å²) in [4.78, 5) is 12.5. The first-order valence-electron chi connectivity index (χ1n) is 8.35. The Bertz CT molecular complexity index is 1030. The van der Waals surface area contributed by atoms with Gasteiger partial charge in [-0.05, 0) is 24.3 Å². The van der Waals surface area contributed by atoms with Crippen LogP contribution in [0.25, 0.3) is 22.7 Å². The minimum atomic E-state index is -0.286. The topological polar surface area (TPSA) is 34.0 Å². The van der Waals surface area contributed by atoms with Gasteiger partial charge in [0.15, 0.2) is 5.78 Å². The van der Waals surface area contributed by atoms with E-state index in [4.69, 9.17) is 0 Å². The Morgan fingerprint density at radius 1 is 1.00 bits per heavy atom. The minimum Gasteiger partial charge on any atom is -0.378 e. The highest BCUT2D eigenvalue weighted by molar-refractivity contribution is 6.08. The van der Waals surface area contributed by atoms with Gasteiger partial charge in [-0.25, -0.2) is 4.39 Å². The number of halogens is 1. The van der Waals surface area contributed by atoms with Gasteiger partial charge in [0.25, 0.3) is 0 Å². The Hall–Kier alpha value is -3.40. The van der Waals surface area contributed by atoms with Crippen molar-refractivity contribution in [2.45, 2.75) is 0 Å². The summed E-state index contributed by atoms with van der Waals surface area (Å²) in [6.45, 7) is 4.56. The molecule has 0 unspecified atom stereocenters. The zero-order valence-electron chi connectivity index (χ0n) is 14.1. The predicted octanol–water partition coefficient (Wildman–Crippen LogP) is 4.59. The fraction of sp³-hybridized carbons (Fsp3) is 0.0455. The van der Waals surface area contributed by atoms with Gasteiger partial charge in [-0.2, -0.15) is 0 Å². The van der Waals surface area contributed by atoms with Crippen molar-refractivity contribution in [2.24, 2.45) is 0 Å². The van der Waals surface area contributed by atoms with Gasteiger partial charge >= 0.3 is 0 Å². The molecular weight excluding hydrogens is 327 g/mol. The maximum atomic E-state index is 14.3. The molecule has 0 aliphatic carbocycles. The third-order valence-corrected chi connectivity index (χ3v) is 4.44. The van der Waals surface area contributed by atoms with Crippen LogP contribution in [0.1, 0.15) is 16.1 Å². The molecule has 1 aliphatic rings. The summed E-state index contributed by atoms with van der Waals surface area (Å²) in [6.07, 6.45) is 1.58. The van der Waals surface area contributed by atoms with E-state index in [1.807, 2.05) is 34.9 Å². The van der Waals surface area contributed by atoms with Crippen molar-refractivity contribution >= 4 is 17.2 Å². The predicted molar refractivity (Wildman–Crippen MR) is 102 cm³/mol. The summed E-state index contributed by atoms with van der Waals surface area (Å²) in [6, 6.07) is 19.5. The molecule has 0 spiro atoms. The van der Waals surface area contributed by atoms with Gasteiger partial charge in [0.1, 0.15) is 5.82 Å². The molecule has 1 aromatic heterocycles. The molecular formula is C22H17FN2O. The summed E-state index contributed by atoms with van der Waals surface area (Å²) < 4.78 is 16.2. The van der Waals surface area contributed by atoms with E-state index in [1.165, 1.54) is 6.07 Å². The van der Waals surface area contributed by atoms with E-state index in [9.17, 15) is 9.18 Å². The van der Waals surface area contributed by atoms with Gasteiger partial charge in [-0.15, -0.1) is 0 Å². The first-order valence-corrected chi connectivity index (χ1v) is 8.35. The van der Waals surface area contributed by atoms with Crippen LogP contribution in [0.2, 0.25) is 0 Å². The molecule has 3 nitrogen and oxygen atoms in total. The Morgan fingerprint density at radius 2 is 1.69 bits per heavy atom. The third-order valence-electron chi connectivity index (χ3n) is 4.44. The summed E-state index contributed by atoms with van der Waals surface area (Å²) in [5, 5.41) is 3.23. The van der Waals surface area contributed by atoms with Crippen LogP contribution in [0.3, 0.4) is 0 Å². The molecule has 3 aromatic rings. The fourth-order valence-electron chi connectivity index (χ4n) is 3.18. The van der Waals surface area contributed by atoms with Crippen molar-refractivity contribution in [3.63, 3.8) is 0 Å². The van der Waals surface area contributed by atoms with Crippen LogP contribution in [-0.2, 0) is 0 Å². The number of aromatic nitrogens is 1. The number of nitrogens with one attached hydrogen (secondary N) is 1. The molecule has 0 saturated heterocycles. The van der Waals surface area contributed by atoms with E-state index in [-0.39, 0.29) is 11.6 Å². The molecule has 0 saturated carbocycles. The molecule has 0 atom stereocenters. The number of ketones is 1. The van der Waals surface area contributed by atoms with Crippen LogP contribution in [0.15, 0.2) is 79.4 Å². The molecule has 128 valence electrons. The maximum absolute atomic E-state index is 14.3. The molecule has 4 heteroatoms. The Labute approximate surface area is 151 Å². The largest absolute Gasteiger partial charge is 0.378 e. The van der Waals surface area contributed by atoms with Gasteiger partial charge < -0.3 is 9.88 Å². The number of rotatable bonds is 3. The summed E-state index contributed by atoms with van der Waals surface area (Å²) in [5.74, 6) is -0.369. The maximum Gasteiger partial charge on any atom is 0.187 e. The van der Waals surface area contributed by atoms with Crippen molar-refractivity contribution in [3.8, 4) is 11.3 Å². The monoisotopic (exact) mass is 344 g/mol. The third kappa shape index (κ3) is 2.75. The van der Waals surface area contributed by atoms with E-state index in [0.717, 1.165) is 17.1 Å². The Kier molecular flexibility index (Phi) is 4.01. The van der Waals surface area contributed by atoms with Crippen molar-refractivity contribution in [1.29, 1.82) is 0 Å². The van der Waals surface area contributed by atoms with Gasteiger partial charge in [-0.3, -0.25) is 4.79 Å². The van der Waals surface area contributed by atoms with Crippen LogP contribution in [-0.4, -0.2) is 16.9 Å². The number of carbonyl (C=O) groups is 1. The van der Waals surface area contributed by atoms with Crippen LogP contribution in [0, 0.1) is 5.82 Å². The van der Waals surface area contributed by atoms with E-state index >= 15 is 0 Å². The molecule has 1 aliphatic heterocycles. The summed E-state index contributed by atoms with van der Waals surface area (Å²) in [5.41, 5.74) is 4.15. The smallest absolute Gasteiger partial charge is 0.187 e. The van der Waals surface area contributed by atoms with Crippen molar-refractivity contribution in [2.75, 3.05) is 6.54 Å². The van der Waals surface area contributed by atoms with Crippen molar-refractivity contribution < 1.29 is 9.18 Å². The van der Waals surface area contributed by atoms with Crippen molar-refractivity contribution in [1.82, 2.24) is 9.88 Å². The van der Waals surface area contributed by atoms with Crippen LogP contribution >= 0.6 is 0 Å². The summed E-state index contributed by atoms with van der Waals surface area (Å²) >= 11 is 0. The number of hydrogen-bond acceptors (Lipinski definition) is 2. The minimum absolute atomic E-state index is 0.0826. The Balaban J connectivity index is 1.79. The van der Waals surface area contributed by atoms with Crippen LogP contribution in [0.5, 0.6) is 0 Å². The second kappa shape index (κ2) is 6.48. The number of benzene rings is 2. The molecule has 0 bridgehead atoms. The number of carbonyl (C=O) groups excluding carboxylic acids is 1. The molecule has 4 rings (SSSR count). The van der Waals surface area contributed by atoms with E-state index in [2.05, 4.69) is 11.9 Å². The molecule has 0 radical (unpaired) electrons. The number of hydrogen-bond donors (Lipinski definition) is 1. The van der Waals surface area contributed by atoms with Gasteiger partial charge in [0, 0.05) is 22.9 Å². The molecule has 2 heterocycles. The molecule has 2 aromatic carbocycles. The SMILES string of the molecule is C=C1CN/C(=C\C(=O)c2ccccc2)c2ccc(-c3ccccc3F)n21. The number of nitrogens with zero attached hydrogens (tertiary/aromatic N) is 1. The average molecular weight is 344 g/mol.